The normalized spacial score (nSPS) is 11.5. The summed E-state index contributed by atoms with van der Waals surface area (Å²) in [5, 5.41) is 25.3. The van der Waals surface area contributed by atoms with Gasteiger partial charge in [-0.05, 0) is 66.6 Å². The van der Waals surface area contributed by atoms with Gasteiger partial charge in [0.05, 0.1) is 0 Å². The number of hydrogen-bond acceptors (Lipinski definition) is 4. The Kier molecular flexibility index (Phi) is 26.7. The smallest absolute Gasteiger partial charge is 1.00 e. The number of unbranched alkanes of at least 4 members (excludes halogenated alkanes) is 1. The van der Waals surface area contributed by atoms with Crippen LogP contribution in [0.3, 0.4) is 0 Å². The van der Waals surface area contributed by atoms with Gasteiger partial charge in [-0.25, -0.2) is 0 Å². The fourth-order valence-electron chi connectivity index (χ4n) is 16.0. The van der Waals surface area contributed by atoms with Gasteiger partial charge >= 0.3 is 55.1 Å². The van der Waals surface area contributed by atoms with Crippen molar-refractivity contribution in [2.75, 3.05) is 0 Å². The van der Waals surface area contributed by atoms with E-state index in [0.717, 1.165) is 16.8 Å². The Balaban J connectivity index is 0.000000151. The van der Waals surface area contributed by atoms with Crippen molar-refractivity contribution in [2.45, 2.75) is 19.8 Å². The zero-order chi connectivity index (χ0) is 75.6. The van der Waals surface area contributed by atoms with Crippen LogP contribution in [-0.4, -0.2) is 29.3 Å². The van der Waals surface area contributed by atoms with Gasteiger partial charge in [-0.1, -0.05) is 422 Å². The van der Waals surface area contributed by atoms with Crippen molar-refractivity contribution in [1.29, 1.82) is 0 Å². The van der Waals surface area contributed by atoms with Crippen LogP contribution in [-0.2, 0) is 0 Å². The molecule has 0 nitrogen and oxygen atoms in total. The Morgan fingerprint density at radius 3 is 0.699 bits per heavy atom. The molecule has 0 unspecified atom stereocenters. The van der Waals surface area contributed by atoms with E-state index in [9.17, 15) is 0 Å². The van der Waals surface area contributed by atoms with Crippen LogP contribution < -0.4 is 105 Å². The summed E-state index contributed by atoms with van der Waals surface area (Å²) >= 11 is 28.3. The third-order valence-corrected chi connectivity index (χ3v) is 53.3. The van der Waals surface area contributed by atoms with Crippen molar-refractivity contribution < 1.29 is 49.8 Å². The molecule has 4 aromatic heterocycles. The molecule has 16 aromatic carbocycles. The first-order valence-electron chi connectivity index (χ1n) is 37.6. The summed E-state index contributed by atoms with van der Waals surface area (Å²) in [5.41, 5.74) is 0. The average Bonchev–Trinajstić information content (AvgIpc) is 1.06. The maximum Gasteiger partial charge on any atom is 1.00 e. The van der Waals surface area contributed by atoms with Crippen LogP contribution in [0.15, 0.2) is 419 Å². The summed E-state index contributed by atoms with van der Waals surface area (Å²) in [5.74, 6) is 0. The van der Waals surface area contributed by atoms with Gasteiger partial charge in [-0.15, -0.1) is 78.6 Å². The molecule has 20 rings (SSSR count). The van der Waals surface area contributed by atoms with Crippen LogP contribution in [0.2, 0.25) is 0 Å². The maximum atomic E-state index is 7.67. The molecule has 0 aliphatic heterocycles. The van der Waals surface area contributed by atoms with E-state index in [1.54, 1.807) is 0 Å². The van der Waals surface area contributed by atoms with Gasteiger partial charge in [0, 0.05) is 80.7 Å². The second-order valence-electron chi connectivity index (χ2n) is 27.5. The summed E-state index contributed by atoms with van der Waals surface area (Å²) in [6, 6.07) is 152. The van der Waals surface area contributed by atoms with E-state index in [2.05, 4.69) is 372 Å². The fourth-order valence-corrected chi connectivity index (χ4v) is 50.1. The third kappa shape index (κ3) is 15.8. The Hall–Kier alpha value is -8.27. The van der Waals surface area contributed by atoms with E-state index >= 15 is 0 Å². The van der Waals surface area contributed by atoms with Gasteiger partial charge in [0.2, 0.25) is 7.38 Å². The molecular weight excluding hydrogens is 1580 g/mol. The molecule has 0 fully saturated rings. The largest absolute Gasteiger partial charge is 1.00 e. The quantitative estimate of drug-likeness (QED) is 0.0467. The molecule has 0 bridgehead atoms. The minimum absolute atomic E-state index is 0. The second kappa shape index (κ2) is 37.1. The molecule has 542 valence electrons. The van der Waals surface area contributed by atoms with Gasteiger partial charge in [-0.3, -0.25) is 0 Å². The first-order chi connectivity index (χ1) is 54.7. The number of hydrogen-bond donors (Lipinski definition) is 0. The van der Waals surface area contributed by atoms with Crippen molar-refractivity contribution in [3.63, 3.8) is 0 Å². The number of fused-ring (bicyclic) bond motifs is 12. The minimum atomic E-state index is -3.16. The van der Waals surface area contributed by atoms with Gasteiger partial charge < -0.3 is 8.35 Å². The van der Waals surface area contributed by atoms with Crippen molar-refractivity contribution in [2.24, 2.45) is 0 Å². The maximum absolute atomic E-state index is 7.67. The fraction of sp³-hybridized carbons (Fsp3) is 0.0300. The van der Waals surface area contributed by atoms with Crippen LogP contribution in [0.4, 0.5) is 0 Å². The molecule has 0 radical (unpaired) electrons. The Morgan fingerprint density at radius 2 is 0.434 bits per heavy atom. The van der Waals surface area contributed by atoms with Crippen molar-refractivity contribution in [3.05, 3.63) is 426 Å². The van der Waals surface area contributed by atoms with Crippen molar-refractivity contribution in [3.8, 4) is 0 Å². The first kappa shape index (κ1) is 81.3. The van der Waals surface area contributed by atoms with Crippen LogP contribution in [0, 0.1) is 6.92 Å². The summed E-state index contributed by atoms with van der Waals surface area (Å²) < 4.78 is 10.9. The molecule has 0 spiro atoms. The topological polar surface area (TPSA) is 0 Å². The summed E-state index contributed by atoms with van der Waals surface area (Å²) in [6.45, 7) is 3.21. The molecule has 0 saturated carbocycles. The SMILES string of the molecule is Cl[Si](Cl)(c1ccccc1)c1ccccc1.Cl[Si](c1ccccc1)(c1ccccc1)c1cccc2c1sc1ccccc12.[CH2-]CCC.[H-].[Li+].[Na+].c1ccc([Si](c2ccccc2)(c2cccc3c2sc2ccccc23)[Si](c2ccccc2)(c2ccccc2)c2cccc3c2sc2ccccc23)cc1.c1ccc2c(c1)sc1ccccc12. The third-order valence-electron chi connectivity index (χ3n) is 21.0. The van der Waals surface area contributed by atoms with Crippen LogP contribution >= 0.6 is 78.6 Å². The molecule has 0 N–H and O–H groups in total. The monoisotopic (exact) mass is 1650 g/mol. The van der Waals surface area contributed by atoms with Crippen LogP contribution in [0.5, 0.6) is 0 Å². The summed E-state index contributed by atoms with van der Waals surface area (Å²) in [7, 11) is -8.95. The summed E-state index contributed by atoms with van der Waals surface area (Å²) in [6.07, 6.45) is 2.28. The Labute approximate surface area is 732 Å². The molecule has 0 saturated heterocycles. The summed E-state index contributed by atoms with van der Waals surface area (Å²) in [4.78, 5) is 0. The second-order valence-corrected chi connectivity index (χ2v) is 53.6. The number of thiophene rings is 4. The zero-order valence-corrected chi connectivity index (χ0v) is 74.8. The molecule has 0 amide bonds. The number of rotatable bonds is 13. The van der Waals surface area contributed by atoms with Gasteiger partial charge in [0.25, 0.3) is 0 Å². The predicted octanol–water partition coefficient (Wildman–Crippen LogP) is 16.9. The van der Waals surface area contributed by atoms with Gasteiger partial charge in [0.1, 0.15) is 0 Å². The predicted molar refractivity (Wildman–Crippen MR) is 507 cm³/mol. The molecular formula is C100H79Cl3LiNaS4Si4. The van der Waals surface area contributed by atoms with Crippen LogP contribution in [0.25, 0.3) is 80.7 Å². The molecule has 13 heteroatoms. The van der Waals surface area contributed by atoms with E-state index in [1.165, 1.54) is 134 Å². The number of benzene rings is 16. The van der Waals surface area contributed by atoms with Crippen LogP contribution in [0.1, 0.15) is 21.2 Å². The Bertz CT molecular complexity index is 6090. The van der Waals surface area contributed by atoms with E-state index in [-0.39, 0.29) is 49.8 Å². The average molecular weight is 1660 g/mol. The molecule has 20 aromatic rings. The van der Waals surface area contributed by atoms with Crippen molar-refractivity contribution >= 4 is 246 Å². The number of halogens is 3. The Morgan fingerprint density at radius 1 is 0.239 bits per heavy atom. The standard InChI is InChI=1S/C48H34S2Si2.C24H17ClSSi.C12H10Cl2Si.C12H8S.C4H9.Li.Na.H/c1-5-19-35(20-6-1)51(36-21-7-2-8-22-36,45-33-17-29-41-39-27-13-15-31-43(39)49-47(41)45)52(37-23-9-3-10-24-37,38-25-11-4-12-26-38)46-34-18-30-42-40-28-14-16-32-44(40)50-48(42)46;25-27(18-10-3-1-4-11-18,19-12-5-2-6-13-19)23-17-9-15-21-20-14-7-8-16-22(20)26-24(21)23;13-15(14,11-7-3-1-4-8-11)12-9-5-2-6-10-12;1-3-7-11-9(5-1)10-6-2-4-8-12(10)13-11;1-3-4-2;;;/h1-34H;1-17H;1-10H;1-8H;1,3-4H2,2H3;;;/q;;;;-1;2*+1;-1. The molecule has 0 aliphatic carbocycles. The van der Waals surface area contributed by atoms with E-state index < -0.39 is 29.3 Å². The minimum Gasteiger partial charge on any atom is -1.00 e. The molecule has 0 aliphatic rings. The zero-order valence-electron chi connectivity index (χ0n) is 64.2. The first-order valence-corrected chi connectivity index (χ1v) is 52.9. The van der Waals surface area contributed by atoms with Crippen molar-refractivity contribution in [1.82, 2.24) is 0 Å². The van der Waals surface area contributed by atoms with E-state index in [0.29, 0.717) is 0 Å². The van der Waals surface area contributed by atoms with Gasteiger partial charge in [-0.2, -0.15) is 6.42 Å². The van der Waals surface area contributed by atoms with E-state index in [4.69, 9.17) is 33.2 Å². The van der Waals surface area contributed by atoms with Gasteiger partial charge in [0.15, 0.2) is 15.2 Å². The molecule has 4 heterocycles. The molecule has 113 heavy (non-hydrogen) atoms. The van der Waals surface area contributed by atoms with E-state index in [1.807, 2.05) is 106 Å². The molecule has 0 atom stereocenters.